The normalized spacial score (nSPS) is 15.4. The first-order chi connectivity index (χ1) is 20.6. The summed E-state index contributed by atoms with van der Waals surface area (Å²) in [7, 11) is -3.29. The van der Waals surface area contributed by atoms with Crippen LogP contribution in [-0.2, 0) is 25.8 Å². The van der Waals surface area contributed by atoms with Crippen LogP contribution >= 0.6 is 11.6 Å². The van der Waals surface area contributed by atoms with Crippen LogP contribution in [0.2, 0.25) is 5.02 Å². The Labute approximate surface area is 256 Å². The number of amides is 1. The molecule has 1 aliphatic rings. The summed E-state index contributed by atoms with van der Waals surface area (Å²) in [6.45, 7) is 0.732. The van der Waals surface area contributed by atoms with Crippen LogP contribution in [-0.4, -0.2) is 56.5 Å². The van der Waals surface area contributed by atoms with Crippen LogP contribution in [0, 0.1) is 5.82 Å². The third-order valence-corrected chi connectivity index (χ3v) is 8.97. The lowest BCUT2D eigenvalue weighted by Gasteiger charge is -2.36. The van der Waals surface area contributed by atoms with Crippen LogP contribution in [0.25, 0.3) is 11.6 Å². The summed E-state index contributed by atoms with van der Waals surface area (Å²) in [6.07, 6.45) is -4.30. The van der Waals surface area contributed by atoms with Gasteiger partial charge in [-0.2, -0.15) is 13.2 Å². The van der Waals surface area contributed by atoms with Gasteiger partial charge in [-0.15, -0.1) is 0 Å². The second-order valence-corrected chi connectivity index (χ2v) is 12.4. The molecule has 3 aromatic carbocycles. The number of benzene rings is 3. The highest BCUT2D eigenvalue weighted by Gasteiger charge is 2.37. The van der Waals surface area contributed by atoms with Gasteiger partial charge in [0.2, 0.25) is 5.91 Å². The summed E-state index contributed by atoms with van der Waals surface area (Å²) in [4.78, 5) is 23.8. The molecule has 14 heteroatoms. The molecule has 4 rings (SSSR count). The maximum absolute atomic E-state index is 14.5. The molecule has 1 N–H and O–H groups in total. The van der Waals surface area contributed by atoms with Crippen molar-refractivity contribution < 1.29 is 45.4 Å². The van der Waals surface area contributed by atoms with Crippen molar-refractivity contribution >= 4 is 50.8 Å². The Kier molecular flexibility index (Phi) is 9.59. The average molecular weight is 655 g/mol. The van der Waals surface area contributed by atoms with E-state index >= 15 is 0 Å². The first-order valence-corrected chi connectivity index (χ1v) is 15.0. The van der Waals surface area contributed by atoms with E-state index in [-0.39, 0.29) is 41.4 Å². The summed E-state index contributed by atoms with van der Waals surface area (Å²) in [5.41, 5.74) is -0.121. The number of rotatable bonds is 9. The molecule has 0 unspecified atom stereocenters. The van der Waals surface area contributed by atoms with Gasteiger partial charge in [0.15, 0.2) is 0 Å². The highest BCUT2D eigenvalue weighted by Crippen LogP contribution is 2.40. The van der Waals surface area contributed by atoms with E-state index in [4.69, 9.17) is 21.4 Å². The Morgan fingerprint density at radius 1 is 1.14 bits per heavy atom. The standard InChI is InChI=1S/C30H27ClF4N2O6S/c1-18(29-23(31)7-4-8-24(29)32)13-19-9-11-26-25(14-19)37(16-21(43-26)10-12-27(38)36(2)17-28(39)40)44(41,42)22-6-3-5-20(15-22)30(33,34)35/h3-9,11,13-15,21H,10,12,16-17H2,1-2H3,(H,39,40)/b18-13+/t21-/m0/s1. The molecule has 1 atom stereocenters. The van der Waals surface area contributed by atoms with Gasteiger partial charge in [0.05, 0.1) is 27.7 Å². The van der Waals surface area contributed by atoms with Crippen molar-refractivity contribution in [1.82, 2.24) is 4.90 Å². The van der Waals surface area contributed by atoms with E-state index in [0.29, 0.717) is 17.2 Å². The molecule has 1 aliphatic heterocycles. The summed E-state index contributed by atoms with van der Waals surface area (Å²) in [6, 6.07) is 12.1. The molecule has 0 saturated carbocycles. The molecular formula is C30H27ClF4N2O6S. The number of anilines is 1. The number of carboxylic acids is 1. The number of halogens is 5. The Morgan fingerprint density at radius 2 is 1.84 bits per heavy atom. The fourth-order valence-electron chi connectivity index (χ4n) is 4.72. The highest BCUT2D eigenvalue weighted by molar-refractivity contribution is 7.92. The molecule has 0 fully saturated rings. The van der Waals surface area contributed by atoms with Gasteiger partial charge < -0.3 is 14.7 Å². The highest BCUT2D eigenvalue weighted by atomic mass is 35.5. The SMILES string of the molecule is C/C(=C\c1ccc2c(c1)N(S(=O)(=O)c1cccc(C(F)(F)F)c1)C[C@H](CCC(=O)N(C)CC(=O)O)O2)c1c(F)cccc1Cl. The number of carbonyl (C=O) groups excluding carboxylic acids is 1. The maximum Gasteiger partial charge on any atom is 0.416 e. The first-order valence-electron chi connectivity index (χ1n) is 13.2. The zero-order valence-electron chi connectivity index (χ0n) is 23.4. The number of hydrogen-bond acceptors (Lipinski definition) is 5. The van der Waals surface area contributed by atoms with E-state index in [1.807, 2.05) is 0 Å². The van der Waals surface area contributed by atoms with Gasteiger partial charge in [-0.1, -0.05) is 35.9 Å². The topological polar surface area (TPSA) is 104 Å². The molecule has 1 amide bonds. The lowest BCUT2D eigenvalue weighted by molar-refractivity contribution is -0.143. The fourth-order valence-corrected chi connectivity index (χ4v) is 6.58. The average Bonchev–Trinajstić information content (AvgIpc) is 2.94. The number of carbonyl (C=O) groups is 2. The zero-order valence-corrected chi connectivity index (χ0v) is 25.0. The second-order valence-electron chi connectivity index (χ2n) is 10.1. The lowest BCUT2D eigenvalue weighted by atomic mass is 10.0. The summed E-state index contributed by atoms with van der Waals surface area (Å²) in [5.74, 6) is -2.20. The molecule has 44 heavy (non-hydrogen) atoms. The first kappa shape index (κ1) is 32.8. The molecule has 8 nitrogen and oxygen atoms in total. The molecule has 0 radical (unpaired) electrons. The number of hydrogen-bond donors (Lipinski definition) is 1. The molecule has 0 aliphatic carbocycles. The van der Waals surface area contributed by atoms with Crippen molar-refractivity contribution in [2.24, 2.45) is 0 Å². The van der Waals surface area contributed by atoms with E-state index in [1.165, 1.54) is 37.4 Å². The van der Waals surface area contributed by atoms with Crippen LogP contribution in [0.1, 0.15) is 36.5 Å². The molecular weight excluding hydrogens is 628 g/mol. The Balaban J connectivity index is 1.74. The molecule has 3 aromatic rings. The number of nitrogens with zero attached hydrogens (tertiary/aromatic N) is 2. The second kappa shape index (κ2) is 12.9. The number of aliphatic carboxylic acids is 1. The third-order valence-electron chi connectivity index (χ3n) is 6.88. The number of ether oxygens (including phenoxy) is 1. The monoisotopic (exact) mass is 654 g/mol. The van der Waals surface area contributed by atoms with Crippen molar-refractivity contribution in [3.63, 3.8) is 0 Å². The fraction of sp³-hybridized carbons (Fsp3) is 0.267. The number of alkyl halides is 3. The van der Waals surface area contributed by atoms with E-state index in [1.54, 1.807) is 19.1 Å². The smallest absolute Gasteiger partial charge is 0.416 e. The van der Waals surface area contributed by atoms with Gasteiger partial charge in [0, 0.05) is 19.0 Å². The minimum atomic E-state index is -4.79. The summed E-state index contributed by atoms with van der Waals surface area (Å²) >= 11 is 6.19. The summed E-state index contributed by atoms with van der Waals surface area (Å²) < 4.78 is 89.5. The molecule has 234 valence electrons. The van der Waals surface area contributed by atoms with Crippen molar-refractivity contribution in [3.8, 4) is 5.75 Å². The number of allylic oxidation sites excluding steroid dienone is 1. The van der Waals surface area contributed by atoms with Gasteiger partial charge in [0.25, 0.3) is 10.0 Å². The van der Waals surface area contributed by atoms with Gasteiger partial charge in [-0.3, -0.25) is 13.9 Å². The minimum Gasteiger partial charge on any atom is -0.486 e. The molecule has 0 spiro atoms. The van der Waals surface area contributed by atoms with Crippen molar-refractivity contribution in [3.05, 3.63) is 88.2 Å². The number of fused-ring (bicyclic) bond motifs is 1. The van der Waals surface area contributed by atoms with E-state index in [0.717, 1.165) is 27.4 Å². The molecule has 1 heterocycles. The minimum absolute atomic E-state index is 0.0105. The van der Waals surface area contributed by atoms with E-state index in [2.05, 4.69) is 0 Å². The van der Waals surface area contributed by atoms with Crippen LogP contribution in [0.15, 0.2) is 65.6 Å². The number of likely N-dealkylation sites (N-methyl/N-ethyl adjacent to an activating group) is 1. The molecule has 0 aromatic heterocycles. The van der Waals surface area contributed by atoms with E-state index < -0.39 is 57.0 Å². The van der Waals surface area contributed by atoms with Gasteiger partial charge >= 0.3 is 12.1 Å². The molecule has 0 bridgehead atoms. The van der Waals surface area contributed by atoms with Gasteiger partial charge in [0.1, 0.15) is 24.2 Å². The third kappa shape index (κ3) is 7.33. The number of sulfonamides is 1. The van der Waals surface area contributed by atoms with Crippen molar-refractivity contribution in [1.29, 1.82) is 0 Å². The molecule has 0 saturated heterocycles. The zero-order chi connectivity index (χ0) is 32.4. The largest absolute Gasteiger partial charge is 0.486 e. The Bertz CT molecular complexity index is 1710. The quantitative estimate of drug-likeness (QED) is 0.213. The predicted molar refractivity (Wildman–Crippen MR) is 156 cm³/mol. The predicted octanol–water partition coefficient (Wildman–Crippen LogP) is 6.34. The summed E-state index contributed by atoms with van der Waals surface area (Å²) in [5, 5.41) is 9.11. The van der Waals surface area contributed by atoms with Crippen LogP contribution < -0.4 is 9.04 Å². The van der Waals surface area contributed by atoms with Crippen LogP contribution in [0.4, 0.5) is 23.2 Å². The Hall–Kier alpha value is -4.10. The van der Waals surface area contributed by atoms with Crippen molar-refractivity contribution in [2.45, 2.75) is 36.9 Å². The van der Waals surface area contributed by atoms with Gasteiger partial charge in [-0.05, 0) is 66.9 Å². The van der Waals surface area contributed by atoms with E-state index in [9.17, 15) is 35.6 Å². The van der Waals surface area contributed by atoms with Crippen LogP contribution in [0.3, 0.4) is 0 Å². The number of carboxylic acid groups (broad SMARTS) is 1. The van der Waals surface area contributed by atoms with Gasteiger partial charge in [-0.25, -0.2) is 12.8 Å². The van der Waals surface area contributed by atoms with Crippen molar-refractivity contribution in [2.75, 3.05) is 24.4 Å². The lowest BCUT2D eigenvalue weighted by Crippen LogP contribution is -2.44. The maximum atomic E-state index is 14.5. The Morgan fingerprint density at radius 3 is 2.50 bits per heavy atom. The van der Waals surface area contributed by atoms with Crippen LogP contribution in [0.5, 0.6) is 5.75 Å².